The fourth-order valence-electron chi connectivity index (χ4n) is 0.669. The summed E-state index contributed by atoms with van der Waals surface area (Å²) in [7, 11) is 0. The van der Waals surface area contributed by atoms with E-state index in [1.807, 2.05) is 0 Å². The molecule has 0 bridgehead atoms. The summed E-state index contributed by atoms with van der Waals surface area (Å²) >= 11 is 5.34. The second kappa shape index (κ2) is 4.00. The first kappa shape index (κ1) is 8.10. The summed E-state index contributed by atoms with van der Waals surface area (Å²) in [6.45, 7) is 0. The monoisotopic (exact) mass is 168 g/mol. The van der Waals surface area contributed by atoms with Gasteiger partial charge in [-0.05, 0) is 24.3 Å². The van der Waals surface area contributed by atoms with Gasteiger partial charge in [0.25, 0.3) is 0 Å². The van der Waals surface area contributed by atoms with E-state index in [1.165, 1.54) is 12.1 Å². The van der Waals surface area contributed by atoms with Gasteiger partial charge in [-0.3, -0.25) is 0 Å². The minimum atomic E-state index is -0.249. The molecule has 0 aliphatic carbocycles. The Balaban J connectivity index is 2.82. The molecule has 0 amide bonds. The molecule has 0 heterocycles. The van der Waals surface area contributed by atoms with Gasteiger partial charge in [-0.1, -0.05) is 11.8 Å². The van der Waals surface area contributed by atoms with Crippen LogP contribution in [0.3, 0.4) is 0 Å². The van der Waals surface area contributed by atoms with E-state index in [0.717, 1.165) is 5.56 Å². The summed E-state index contributed by atoms with van der Waals surface area (Å²) in [5, 5.41) is 0. The Bertz CT molecular complexity index is 279. The fourth-order valence-corrected chi connectivity index (χ4v) is 0.736. The van der Waals surface area contributed by atoms with Crippen LogP contribution in [0, 0.1) is 17.7 Å². The van der Waals surface area contributed by atoms with E-state index in [0.29, 0.717) is 5.88 Å². The lowest BCUT2D eigenvalue weighted by Crippen LogP contribution is -1.75. The van der Waals surface area contributed by atoms with Crippen molar-refractivity contribution in [2.24, 2.45) is 0 Å². The molecule has 0 N–H and O–H groups in total. The zero-order valence-corrected chi connectivity index (χ0v) is 6.53. The lowest BCUT2D eigenvalue weighted by atomic mass is 10.2. The van der Waals surface area contributed by atoms with Crippen LogP contribution in [0.4, 0.5) is 4.39 Å². The molecular weight excluding hydrogens is 163 g/mol. The van der Waals surface area contributed by atoms with Gasteiger partial charge in [0.1, 0.15) is 5.82 Å². The second-order valence-electron chi connectivity index (χ2n) is 1.94. The molecule has 1 aromatic carbocycles. The van der Waals surface area contributed by atoms with Crippen LogP contribution in [-0.4, -0.2) is 5.88 Å². The predicted molar refractivity (Wildman–Crippen MR) is 44.0 cm³/mol. The van der Waals surface area contributed by atoms with E-state index in [2.05, 4.69) is 11.8 Å². The zero-order chi connectivity index (χ0) is 8.10. The molecule has 0 saturated heterocycles. The maximum atomic E-state index is 12.3. The van der Waals surface area contributed by atoms with E-state index >= 15 is 0 Å². The summed E-state index contributed by atoms with van der Waals surface area (Å²) in [5.74, 6) is 5.50. The fraction of sp³-hybridized carbons (Fsp3) is 0.111. The molecule has 0 radical (unpaired) electrons. The van der Waals surface area contributed by atoms with Crippen molar-refractivity contribution < 1.29 is 4.39 Å². The summed E-state index contributed by atoms with van der Waals surface area (Å²) < 4.78 is 12.3. The van der Waals surface area contributed by atoms with Crippen molar-refractivity contribution >= 4 is 11.6 Å². The molecule has 0 fully saturated rings. The Morgan fingerprint density at radius 1 is 1.27 bits per heavy atom. The molecule has 0 aliphatic heterocycles. The molecule has 1 aromatic rings. The largest absolute Gasteiger partial charge is 0.207 e. The average molecular weight is 169 g/mol. The average Bonchev–Trinajstić information content (AvgIpc) is 2.04. The number of hydrogen-bond acceptors (Lipinski definition) is 0. The second-order valence-corrected chi connectivity index (χ2v) is 2.21. The maximum Gasteiger partial charge on any atom is 0.123 e. The Morgan fingerprint density at radius 3 is 2.45 bits per heavy atom. The van der Waals surface area contributed by atoms with Crippen LogP contribution in [0.5, 0.6) is 0 Å². The number of benzene rings is 1. The van der Waals surface area contributed by atoms with Gasteiger partial charge < -0.3 is 0 Å². The summed E-state index contributed by atoms with van der Waals surface area (Å²) in [6.07, 6.45) is 0. The minimum absolute atomic E-state index is 0.249. The van der Waals surface area contributed by atoms with Gasteiger partial charge >= 0.3 is 0 Å². The molecule has 0 nitrogen and oxygen atoms in total. The normalized spacial score (nSPS) is 8.55. The van der Waals surface area contributed by atoms with Crippen molar-refractivity contribution in [1.82, 2.24) is 0 Å². The number of halogens is 2. The lowest BCUT2D eigenvalue weighted by Gasteiger charge is -1.87. The highest BCUT2D eigenvalue weighted by atomic mass is 35.5. The Hall–Kier alpha value is -1.00. The third-order valence-electron chi connectivity index (χ3n) is 1.14. The third kappa shape index (κ3) is 2.61. The van der Waals surface area contributed by atoms with Crippen molar-refractivity contribution in [2.75, 3.05) is 5.88 Å². The SMILES string of the molecule is Fc1ccc(C#CCCl)cc1. The van der Waals surface area contributed by atoms with Gasteiger partial charge in [-0.2, -0.15) is 0 Å². The van der Waals surface area contributed by atoms with Crippen LogP contribution < -0.4 is 0 Å². The van der Waals surface area contributed by atoms with Crippen LogP contribution in [0.15, 0.2) is 24.3 Å². The predicted octanol–water partition coefficient (Wildman–Crippen LogP) is 2.42. The van der Waals surface area contributed by atoms with E-state index in [9.17, 15) is 4.39 Å². The summed E-state index contributed by atoms with van der Waals surface area (Å²) in [6, 6.07) is 5.99. The van der Waals surface area contributed by atoms with Crippen LogP contribution >= 0.6 is 11.6 Å². The van der Waals surface area contributed by atoms with E-state index in [1.54, 1.807) is 12.1 Å². The van der Waals surface area contributed by atoms with Crippen molar-refractivity contribution in [3.63, 3.8) is 0 Å². The summed E-state index contributed by atoms with van der Waals surface area (Å²) in [5.41, 5.74) is 0.784. The number of rotatable bonds is 0. The molecule has 11 heavy (non-hydrogen) atoms. The number of alkyl halides is 1. The highest BCUT2D eigenvalue weighted by Crippen LogP contribution is 2.00. The molecule has 0 spiro atoms. The molecule has 1 rings (SSSR count). The molecule has 0 saturated carbocycles. The molecule has 0 unspecified atom stereocenters. The van der Waals surface area contributed by atoms with Gasteiger partial charge in [0.2, 0.25) is 0 Å². The highest BCUT2D eigenvalue weighted by Gasteiger charge is 1.87. The lowest BCUT2D eigenvalue weighted by molar-refractivity contribution is 0.627. The van der Waals surface area contributed by atoms with E-state index in [-0.39, 0.29) is 5.82 Å². The van der Waals surface area contributed by atoms with E-state index in [4.69, 9.17) is 11.6 Å². The Labute approximate surface area is 70.0 Å². The number of hydrogen-bond donors (Lipinski definition) is 0. The zero-order valence-electron chi connectivity index (χ0n) is 5.77. The Kier molecular flexibility index (Phi) is 2.95. The van der Waals surface area contributed by atoms with Crippen molar-refractivity contribution in [3.05, 3.63) is 35.6 Å². The maximum absolute atomic E-state index is 12.3. The van der Waals surface area contributed by atoms with Crippen LogP contribution in [0.25, 0.3) is 0 Å². The molecule has 2 heteroatoms. The van der Waals surface area contributed by atoms with Crippen molar-refractivity contribution in [3.8, 4) is 11.8 Å². The van der Waals surface area contributed by atoms with Crippen LogP contribution in [0.1, 0.15) is 5.56 Å². The molecule has 0 aromatic heterocycles. The molecule has 56 valence electrons. The quantitative estimate of drug-likeness (QED) is 0.412. The topological polar surface area (TPSA) is 0 Å². The Morgan fingerprint density at radius 2 is 1.91 bits per heavy atom. The summed E-state index contributed by atoms with van der Waals surface area (Å²) in [4.78, 5) is 0. The van der Waals surface area contributed by atoms with Gasteiger partial charge in [0, 0.05) is 5.56 Å². The first-order chi connectivity index (χ1) is 5.33. The van der Waals surface area contributed by atoms with Crippen LogP contribution in [-0.2, 0) is 0 Å². The van der Waals surface area contributed by atoms with Crippen molar-refractivity contribution in [2.45, 2.75) is 0 Å². The minimum Gasteiger partial charge on any atom is -0.207 e. The standard InChI is InChI=1S/C9H6ClF/c10-7-1-2-8-3-5-9(11)6-4-8/h3-6H,7H2. The van der Waals surface area contributed by atoms with Gasteiger partial charge in [-0.25, -0.2) is 4.39 Å². The van der Waals surface area contributed by atoms with Gasteiger partial charge in [0.05, 0.1) is 5.88 Å². The first-order valence-electron chi connectivity index (χ1n) is 3.13. The third-order valence-corrected chi connectivity index (χ3v) is 1.28. The van der Waals surface area contributed by atoms with E-state index < -0.39 is 0 Å². The smallest absolute Gasteiger partial charge is 0.123 e. The van der Waals surface area contributed by atoms with Crippen molar-refractivity contribution in [1.29, 1.82) is 0 Å². The first-order valence-corrected chi connectivity index (χ1v) is 3.67. The van der Waals surface area contributed by atoms with Crippen LogP contribution in [0.2, 0.25) is 0 Å². The molecular formula is C9H6ClF. The van der Waals surface area contributed by atoms with Gasteiger partial charge in [0.15, 0.2) is 0 Å². The van der Waals surface area contributed by atoms with Gasteiger partial charge in [-0.15, -0.1) is 11.6 Å². The highest BCUT2D eigenvalue weighted by molar-refractivity contribution is 6.19. The molecule has 0 aliphatic rings. The molecule has 0 atom stereocenters.